The zero-order chi connectivity index (χ0) is 24.4. The van der Waals surface area contributed by atoms with Crippen LogP contribution >= 0.6 is 23.2 Å². The van der Waals surface area contributed by atoms with Gasteiger partial charge >= 0.3 is 0 Å². The van der Waals surface area contributed by atoms with Crippen molar-refractivity contribution in [2.75, 3.05) is 4.90 Å². The second-order valence-electron chi connectivity index (χ2n) is 10.7. The van der Waals surface area contributed by atoms with Crippen LogP contribution < -0.4 is 10.2 Å². The van der Waals surface area contributed by atoms with Crippen LogP contribution in [0.5, 0.6) is 0 Å². The van der Waals surface area contributed by atoms with Crippen molar-refractivity contribution in [2.45, 2.75) is 68.4 Å². The minimum absolute atomic E-state index is 0.00714. The number of nitrogens with one attached hydrogen (secondary N) is 1. The summed E-state index contributed by atoms with van der Waals surface area (Å²) in [5, 5.41) is 12.9. The first-order valence-electron chi connectivity index (χ1n) is 12.3. The summed E-state index contributed by atoms with van der Waals surface area (Å²) < 4.78 is 1.96. The minimum Gasteiger partial charge on any atom is -0.320 e. The highest BCUT2D eigenvalue weighted by molar-refractivity contribution is 6.32. The molecule has 1 aliphatic heterocycles. The number of aromatic nitrogens is 3. The molecule has 6 nitrogen and oxygen atoms in total. The number of benzene rings is 2. The molecule has 0 bridgehead atoms. The minimum atomic E-state index is -0.294. The largest absolute Gasteiger partial charge is 0.320 e. The number of amides is 1. The fourth-order valence-electron chi connectivity index (χ4n) is 5.86. The van der Waals surface area contributed by atoms with Gasteiger partial charge in [-0.05, 0) is 74.4 Å². The topological polar surface area (TPSA) is 63.1 Å². The van der Waals surface area contributed by atoms with Crippen LogP contribution in [0.2, 0.25) is 5.02 Å². The van der Waals surface area contributed by atoms with Gasteiger partial charge in [-0.3, -0.25) is 4.79 Å². The van der Waals surface area contributed by atoms with Crippen molar-refractivity contribution in [1.82, 2.24) is 20.1 Å². The maximum atomic E-state index is 13.5. The number of carbonyl (C=O) groups is 1. The van der Waals surface area contributed by atoms with Crippen LogP contribution in [0.15, 0.2) is 42.7 Å². The van der Waals surface area contributed by atoms with E-state index in [0.717, 1.165) is 41.0 Å². The molecule has 3 aliphatic rings. The van der Waals surface area contributed by atoms with Crippen molar-refractivity contribution in [3.63, 3.8) is 0 Å². The molecule has 0 unspecified atom stereocenters. The summed E-state index contributed by atoms with van der Waals surface area (Å²) in [6, 6.07) is 12.2. The number of hydrogen-bond acceptors (Lipinski definition) is 4. The summed E-state index contributed by atoms with van der Waals surface area (Å²) in [5.74, 6) is 0.898. The molecule has 0 saturated heterocycles. The Hall–Kier alpha value is -2.41. The van der Waals surface area contributed by atoms with Gasteiger partial charge in [-0.25, -0.2) is 0 Å². The Morgan fingerprint density at radius 3 is 2.66 bits per heavy atom. The van der Waals surface area contributed by atoms with Crippen molar-refractivity contribution in [3.8, 4) is 0 Å². The van der Waals surface area contributed by atoms with Crippen LogP contribution in [0, 0.1) is 0 Å². The number of alkyl halides is 1. The van der Waals surface area contributed by atoms with Gasteiger partial charge < -0.3 is 14.8 Å². The first kappa shape index (κ1) is 23.0. The Labute approximate surface area is 215 Å². The molecule has 2 fully saturated rings. The molecule has 3 aromatic rings. The highest BCUT2D eigenvalue weighted by Gasteiger charge is 2.49. The third kappa shape index (κ3) is 3.78. The first-order chi connectivity index (χ1) is 16.8. The highest BCUT2D eigenvalue weighted by Crippen LogP contribution is 2.51. The molecule has 1 N–H and O–H groups in total. The summed E-state index contributed by atoms with van der Waals surface area (Å²) >= 11 is 13.1. The van der Waals surface area contributed by atoms with Crippen LogP contribution in [-0.4, -0.2) is 31.6 Å². The van der Waals surface area contributed by atoms with Crippen LogP contribution in [0.4, 0.5) is 5.69 Å². The smallest absolute Gasteiger partial charge is 0.258 e. The summed E-state index contributed by atoms with van der Waals surface area (Å²) in [7, 11) is 1.96. The van der Waals surface area contributed by atoms with Crippen molar-refractivity contribution in [3.05, 3.63) is 75.8 Å². The van der Waals surface area contributed by atoms with Crippen molar-refractivity contribution in [2.24, 2.45) is 7.05 Å². The molecule has 2 heterocycles. The van der Waals surface area contributed by atoms with Gasteiger partial charge in [0, 0.05) is 46.3 Å². The Morgan fingerprint density at radius 2 is 2.00 bits per heavy atom. The molecular weight excluding hydrogens is 481 g/mol. The van der Waals surface area contributed by atoms with E-state index in [-0.39, 0.29) is 22.2 Å². The Morgan fingerprint density at radius 1 is 1.20 bits per heavy atom. The molecular formula is C27H29Cl2N5O. The first-order valence-corrected chi connectivity index (χ1v) is 13.1. The lowest BCUT2D eigenvalue weighted by Crippen LogP contribution is -2.47. The molecule has 2 aromatic carbocycles. The van der Waals surface area contributed by atoms with E-state index < -0.39 is 0 Å². The number of nitrogens with zero attached hydrogens (tertiary/aromatic N) is 4. The normalized spacial score (nSPS) is 24.7. The molecule has 35 heavy (non-hydrogen) atoms. The van der Waals surface area contributed by atoms with Crippen LogP contribution in [0.25, 0.3) is 0 Å². The van der Waals surface area contributed by atoms with Gasteiger partial charge in [0.25, 0.3) is 5.91 Å². The Kier molecular flexibility index (Phi) is 5.47. The quantitative estimate of drug-likeness (QED) is 0.455. The lowest BCUT2D eigenvalue weighted by molar-refractivity contribution is 0.0996. The number of rotatable bonds is 6. The van der Waals surface area contributed by atoms with E-state index in [1.807, 2.05) is 40.8 Å². The predicted octanol–water partition coefficient (Wildman–Crippen LogP) is 5.35. The summed E-state index contributed by atoms with van der Waals surface area (Å²) in [5.41, 5.74) is 4.52. The molecule has 1 aromatic heterocycles. The number of fused-ring (bicyclic) bond motifs is 1. The zero-order valence-corrected chi connectivity index (χ0v) is 21.5. The molecule has 6 rings (SSSR count). The van der Waals surface area contributed by atoms with E-state index in [1.54, 1.807) is 6.33 Å². The SMILES string of the molecule is Cn1cnnc1C1(c2cccc(N3Cc4c(Cl)cc(CNC5(C)CCC5)cc4C3=O)c2)CC(Cl)C1. The van der Waals surface area contributed by atoms with E-state index in [4.69, 9.17) is 23.2 Å². The second-order valence-corrected chi connectivity index (χ2v) is 11.7. The molecule has 1 amide bonds. The average Bonchev–Trinajstić information content (AvgIpc) is 3.38. The number of hydrogen-bond donors (Lipinski definition) is 1. The Bertz CT molecular complexity index is 1310. The van der Waals surface area contributed by atoms with E-state index in [1.165, 1.54) is 19.3 Å². The molecule has 2 aliphatic carbocycles. The van der Waals surface area contributed by atoms with Gasteiger partial charge in [0.2, 0.25) is 0 Å². The van der Waals surface area contributed by atoms with Gasteiger partial charge in [0.15, 0.2) is 0 Å². The van der Waals surface area contributed by atoms with E-state index in [0.29, 0.717) is 23.7 Å². The van der Waals surface area contributed by atoms with Gasteiger partial charge in [-0.15, -0.1) is 21.8 Å². The van der Waals surface area contributed by atoms with E-state index in [9.17, 15) is 4.79 Å². The highest BCUT2D eigenvalue weighted by atomic mass is 35.5. The number of carbonyl (C=O) groups excluding carboxylic acids is 1. The number of aryl methyl sites for hydroxylation is 1. The van der Waals surface area contributed by atoms with Crippen LogP contribution in [-0.2, 0) is 25.6 Å². The Balaban J connectivity index is 1.29. The monoisotopic (exact) mass is 509 g/mol. The van der Waals surface area contributed by atoms with Crippen molar-refractivity contribution in [1.29, 1.82) is 0 Å². The van der Waals surface area contributed by atoms with Crippen molar-refractivity contribution < 1.29 is 4.79 Å². The average molecular weight is 510 g/mol. The maximum absolute atomic E-state index is 13.5. The predicted molar refractivity (Wildman–Crippen MR) is 138 cm³/mol. The fraction of sp³-hybridized carbons (Fsp3) is 0.444. The molecule has 182 valence electrons. The number of anilines is 1. The van der Waals surface area contributed by atoms with E-state index >= 15 is 0 Å². The van der Waals surface area contributed by atoms with Gasteiger partial charge in [-0.1, -0.05) is 23.7 Å². The summed E-state index contributed by atoms with van der Waals surface area (Å²) in [4.78, 5) is 15.4. The lowest BCUT2D eigenvalue weighted by atomic mass is 9.63. The zero-order valence-electron chi connectivity index (χ0n) is 20.0. The van der Waals surface area contributed by atoms with Gasteiger partial charge in [0.1, 0.15) is 12.2 Å². The van der Waals surface area contributed by atoms with Crippen LogP contribution in [0.1, 0.15) is 71.9 Å². The summed E-state index contributed by atoms with van der Waals surface area (Å²) in [6.45, 7) is 3.44. The third-order valence-electron chi connectivity index (χ3n) is 8.21. The molecule has 0 atom stereocenters. The van der Waals surface area contributed by atoms with Gasteiger partial charge in [-0.2, -0.15) is 0 Å². The van der Waals surface area contributed by atoms with E-state index in [2.05, 4.69) is 34.6 Å². The summed E-state index contributed by atoms with van der Waals surface area (Å²) in [6.07, 6.45) is 6.96. The molecule has 0 radical (unpaired) electrons. The second kappa shape index (κ2) is 8.32. The van der Waals surface area contributed by atoms with Crippen molar-refractivity contribution >= 4 is 34.8 Å². The van der Waals surface area contributed by atoms with Crippen LogP contribution in [0.3, 0.4) is 0 Å². The third-order valence-corrected chi connectivity index (χ3v) is 8.86. The maximum Gasteiger partial charge on any atom is 0.258 e. The standard InChI is InChI=1S/C27H29Cl2N5O/c1-26(7-4-8-26)30-14-17-9-21-22(23(29)10-17)15-34(24(21)35)20-6-3-5-18(11-20)27(12-19(28)13-27)25-32-31-16-33(25)2/h3,5-6,9-11,16,19,30H,4,7-8,12-15H2,1-2H3. The molecule has 8 heteroatoms. The fourth-order valence-corrected chi connectivity index (χ4v) is 6.69. The molecule has 0 spiro atoms. The number of halogens is 2. The molecule has 2 saturated carbocycles. The van der Waals surface area contributed by atoms with Gasteiger partial charge in [0.05, 0.1) is 12.0 Å². The lowest BCUT2D eigenvalue weighted by Gasteiger charge is -2.44.